The number of benzene rings is 2. The summed E-state index contributed by atoms with van der Waals surface area (Å²) in [5, 5.41) is 11.6. The number of rotatable bonds is 4. The van der Waals surface area contributed by atoms with Crippen molar-refractivity contribution in [2.24, 2.45) is 0 Å². The van der Waals surface area contributed by atoms with E-state index in [2.05, 4.69) is 5.32 Å². The number of aromatic carboxylic acids is 1. The first-order valence-corrected chi connectivity index (χ1v) is 6.42. The molecular weight excluding hydrogens is 297 g/mol. The molecule has 0 saturated heterocycles. The van der Waals surface area contributed by atoms with E-state index in [-0.39, 0.29) is 28.3 Å². The van der Waals surface area contributed by atoms with Crippen molar-refractivity contribution in [3.05, 3.63) is 64.4 Å². The van der Waals surface area contributed by atoms with Crippen LogP contribution in [0.15, 0.2) is 42.5 Å². The summed E-state index contributed by atoms with van der Waals surface area (Å²) in [7, 11) is 0. The second-order valence-corrected chi connectivity index (χ2v) is 4.68. The van der Waals surface area contributed by atoms with E-state index in [1.807, 2.05) is 0 Å². The van der Waals surface area contributed by atoms with Gasteiger partial charge in [-0.2, -0.15) is 0 Å². The van der Waals surface area contributed by atoms with Gasteiger partial charge in [0.05, 0.1) is 17.7 Å². The molecule has 21 heavy (non-hydrogen) atoms. The van der Waals surface area contributed by atoms with Gasteiger partial charge in [-0.15, -0.1) is 0 Å². The minimum atomic E-state index is -1.16. The van der Waals surface area contributed by atoms with Gasteiger partial charge in [-0.05, 0) is 24.3 Å². The van der Waals surface area contributed by atoms with Crippen LogP contribution < -0.4 is 5.32 Å². The smallest absolute Gasteiger partial charge is 0.337 e. The van der Waals surface area contributed by atoms with Crippen LogP contribution in [-0.2, 0) is 11.2 Å². The zero-order valence-electron chi connectivity index (χ0n) is 10.8. The molecule has 0 radical (unpaired) electrons. The molecule has 0 aliphatic rings. The first-order valence-electron chi connectivity index (χ1n) is 6.04. The van der Waals surface area contributed by atoms with E-state index in [4.69, 9.17) is 16.7 Å². The Balaban J connectivity index is 2.18. The monoisotopic (exact) mass is 307 g/mol. The topological polar surface area (TPSA) is 66.4 Å². The van der Waals surface area contributed by atoms with Gasteiger partial charge < -0.3 is 10.4 Å². The quantitative estimate of drug-likeness (QED) is 0.910. The predicted octanol–water partition coefficient (Wildman–Crippen LogP) is 3.36. The summed E-state index contributed by atoms with van der Waals surface area (Å²) in [6.45, 7) is 0. The van der Waals surface area contributed by atoms with Crippen molar-refractivity contribution in [2.75, 3.05) is 5.32 Å². The number of hydrogen-bond donors (Lipinski definition) is 2. The maximum absolute atomic E-state index is 13.6. The maximum Gasteiger partial charge on any atom is 0.337 e. The van der Waals surface area contributed by atoms with Crippen LogP contribution in [0.2, 0.25) is 5.02 Å². The standard InChI is InChI=1S/C15H11ClFNO3/c16-11-5-3-6-12(17)10(11)8-14(19)18-13-7-2-1-4-9(13)15(20)21/h1-7H,8H2,(H,18,19)(H,20,21). The van der Waals surface area contributed by atoms with Gasteiger partial charge in [0.25, 0.3) is 0 Å². The highest BCUT2D eigenvalue weighted by Gasteiger charge is 2.15. The molecule has 0 aliphatic heterocycles. The Morgan fingerprint density at radius 2 is 1.86 bits per heavy atom. The molecular formula is C15H11ClFNO3. The lowest BCUT2D eigenvalue weighted by Crippen LogP contribution is -2.17. The van der Waals surface area contributed by atoms with Crippen molar-refractivity contribution in [1.29, 1.82) is 0 Å². The lowest BCUT2D eigenvalue weighted by molar-refractivity contribution is -0.115. The summed E-state index contributed by atoms with van der Waals surface area (Å²) in [5.74, 6) is -2.28. The summed E-state index contributed by atoms with van der Waals surface area (Å²) in [4.78, 5) is 23.0. The third kappa shape index (κ3) is 3.58. The first kappa shape index (κ1) is 15.0. The normalized spacial score (nSPS) is 10.2. The largest absolute Gasteiger partial charge is 0.478 e. The zero-order valence-corrected chi connectivity index (χ0v) is 11.5. The molecule has 4 nitrogen and oxygen atoms in total. The number of halogens is 2. The molecule has 0 aliphatic carbocycles. The first-order chi connectivity index (χ1) is 9.99. The molecule has 0 spiro atoms. The van der Waals surface area contributed by atoms with Crippen molar-refractivity contribution < 1.29 is 19.1 Å². The number of amides is 1. The maximum atomic E-state index is 13.6. The van der Waals surface area contributed by atoms with Crippen LogP contribution in [0.3, 0.4) is 0 Å². The van der Waals surface area contributed by atoms with Crippen LogP contribution in [0.4, 0.5) is 10.1 Å². The van der Waals surface area contributed by atoms with Crippen molar-refractivity contribution in [3.63, 3.8) is 0 Å². The lowest BCUT2D eigenvalue weighted by Gasteiger charge is -2.09. The predicted molar refractivity (Wildman–Crippen MR) is 77.1 cm³/mol. The highest BCUT2D eigenvalue weighted by atomic mass is 35.5. The molecule has 0 saturated carbocycles. The summed E-state index contributed by atoms with van der Waals surface area (Å²) in [5.41, 5.74) is 0.192. The van der Waals surface area contributed by atoms with E-state index in [1.54, 1.807) is 12.1 Å². The molecule has 2 aromatic rings. The number of carboxylic acids is 1. The summed E-state index contributed by atoms with van der Waals surface area (Å²) < 4.78 is 13.6. The van der Waals surface area contributed by atoms with Crippen molar-refractivity contribution >= 4 is 29.2 Å². The lowest BCUT2D eigenvalue weighted by atomic mass is 10.1. The van der Waals surface area contributed by atoms with Gasteiger partial charge in [0.15, 0.2) is 0 Å². The van der Waals surface area contributed by atoms with Gasteiger partial charge in [-0.25, -0.2) is 9.18 Å². The molecule has 1 amide bonds. The fourth-order valence-corrected chi connectivity index (χ4v) is 2.06. The number of carbonyl (C=O) groups is 2. The van der Waals surface area contributed by atoms with E-state index < -0.39 is 17.7 Å². The van der Waals surface area contributed by atoms with Crippen LogP contribution in [0.25, 0.3) is 0 Å². The Morgan fingerprint density at radius 3 is 2.52 bits per heavy atom. The van der Waals surface area contributed by atoms with Gasteiger partial charge in [0.1, 0.15) is 5.82 Å². The minimum absolute atomic E-state index is 0.0366. The molecule has 0 fully saturated rings. The Kier molecular flexibility index (Phi) is 4.55. The van der Waals surface area contributed by atoms with Gasteiger partial charge in [0.2, 0.25) is 5.91 Å². The summed E-state index contributed by atoms with van der Waals surface area (Å²) >= 11 is 5.84. The Morgan fingerprint density at radius 1 is 1.14 bits per heavy atom. The average Bonchev–Trinajstić information content (AvgIpc) is 2.43. The SMILES string of the molecule is O=C(Cc1c(F)cccc1Cl)Nc1ccccc1C(=O)O. The van der Waals surface area contributed by atoms with E-state index in [9.17, 15) is 14.0 Å². The molecule has 0 bridgehead atoms. The molecule has 6 heteroatoms. The van der Waals surface area contributed by atoms with Crippen LogP contribution in [0, 0.1) is 5.82 Å². The Labute approximate surface area is 125 Å². The van der Waals surface area contributed by atoms with Crippen molar-refractivity contribution in [3.8, 4) is 0 Å². The second-order valence-electron chi connectivity index (χ2n) is 4.28. The number of hydrogen-bond acceptors (Lipinski definition) is 2. The van der Waals surface area contributed by atoms with E-state index in [0.29, 0.717) is 0 Å². The highest BCUT2D eigenvalue weighted by Crippen LogP contribution is 2.21. The third-order valence-electron chi connectivity index (χ3n) is 2.83. The van der Waals surface area contributed by atoms with Crippen LogP contribution in [0.5, 0.6) is 0 Å². The van der Waals surface area contributed by atoms with Crippen LogP contribution in [-0.4, -0.2) is 17.0 Å². The fraction of sp³-hybridized carbons (Fsp3) is 0.0667. The number of carbonyl (C=O) groups excluding carboxylic acids is 1. The number of para-hydroxylation sites is 1. The molecule has 0 unspecified atom stereocenters. The van der Waals surface area contributed by atoms with Gasteiger partial charge in [-0.1, -0.05) is 29.8 Å². The highest BCUT2D eigenvalue weighted by molar-refractivity contribution is 6.31. The fourth-order valence-electron chi connectivity index (χ4n) is 1.83. The minimum Gasteiger partial charge on any atom is -0.478 e. The Bertz CT molecular complexity index is 683. The number of nitrogens with one attached hydrogen (secondary N) is 1. The molecule has 108 valence electrons. The molecule has 2 rings (SSSR count). The molecule has 0 atom stereocenters. The third-order valence-corrected chi connectivity index (χ3v) is 3.18. The molecule has 2 N–H and O–H groups in total. The summed E-state index contributed by atoms with van der Waals surface area (Å²) in [6, 6.07) is 10.1. The van der Waals surface area contributed by atoms with E-state index in [0.717, 1.165) is 0 Å². The van der Waals surface area contributed by atoms with Crippen molar-refractivity contribution in [1.82, 2.24) is 0 Å². The van der Waals surface area contributed by atoms with Gasteiger partial charge in [-0.3, -0.25) is 4.79 Å². The van der Waals surface area contributed by atoms with E-state index in [1.165, 1.54) is 30.3 Å². The average molecular weight is 308 g/mol. The molecule has 0 aromatic heterocycles. The van der Waals surface area contributed by atoms with E-state index >= 15 is 0 Å². The molecule has 2 aromatic carbocycles. The van der Waals surface area contributed by atoms with Gasteiger partial charge >= 0.3 is 5.97 Å². The number of carboxylic acid groups (broad SMARTS) is 1. The molecule has 0 heterocycles. The zero-order chi connectivity index (χ0) is 15.4. The Hall–Kier alpha value is -2.40. The van der Waals surface area contributed by atoms with Crippen LogP contribution in [0.1, 0.15) is 15.9 Å². The second kappa shape index (κ2) is 6.37. The summed E-state index contributed by atoms with van der Waals surface area (Å²) in [6.07, 6.45) is -0.278. The van der Waals surface area contributed by atoms with Crippen molar-refractivity contribution in [2.45, 2.75) is 6.42 Å². The van der Waals surface area contributed by atoms with Gasteiger partial charge in [0, 0.05) is 10.6 Å². The number of anilines is 1. The van der Waals surface area contributed by atoms with Crippen LogP contribution >= 0.6 is 11.6 Å².